The first-order chi connectivity index (χ1) is 10.9. The maximum absolute atomic E-state index is 11.1. The van der Waals surface area contributed by atoms with Crippen molar-refractivity contribution < 1.29 is 10.0 Å². The molecule has 0 saturated carbocycles. The molecule has 0 amide bonds. The van der Waals surface area contributed by atoms with Gasteiger partial charge in [0.2, 0.25) is 0 Å². The molecule has 0 radical (unpaired) electrons. The summed E-state index contributed by atoms with van der Waals surface area (Å²) in [7, 11) is 0. The maximum Gasteiger partial charge on any atom is 0.342 e. The second kappa shape index (κ2) is 8.07. The summed E-state index contributed by atoms with van der Waals surface area (Å²) < 4.78 is 2.20. The number of piperidine rings is 1. The van der Waals surface area contributed by atoms with E-state index in [4.69, 9.17) is 17.3 Å². The number of likely N-dealkylation sites (tertiary alicyclic amines) is 1. The van der Waals surface area contributed by atoms with Gasteiger partial charge in [0.15, 0.2) is 5.82 Å². The van der Waals surface area contributed by atoms with Crippen LogP contribution < -0.4 is 0 Å². The van der Waals surface area contributed by atoms with Crippen molar-refractivity contribution in [3.05, 3.63) is 22.1 Å². The molecule has 1 N–H and O–H groups in total. The largest absolute Gasteiger partial charge is 0.396 e. The molecule has 0 spiro atoms. The lowest BCUT2D eigenvalue weighted by Crippen LogP contribution is -2.44. The molecule has 0 bridgehead atoms. The zero-order valence-corrected chi connectivity index (χ0v) is 14.8. The molecular weight excluding hydrogens is 336 g/mol. The zero-order valence-electron chi connectivity index (χ0n) is 13.1. The van der Waals surface area contributed by atoms with Gasteiger partial charge in [-0.2, -0.15) is 0 Å². The Balaban J connectivity index is 2.07. The Labute approximate surface area is 146 Å². The molecule has 2 heterocycles. The van der Waals surface area contributed by atoms with Crippen molar-refractivity contribution in [2.45, 2.75) is 45.2 Å². The van der Waals surface area contributed by atoms with Crippen molar-refractivity contribution in [1.82, 2.24) is 14.5 Å². The molecule has 2 atom stereocenters. The summed E-state index contributed by atoms with van der Waals surface area (Å²) in [6.07, 6.45) is 4.73. The Bertz CT molecular complexity index is 578. The molecule has 1 fully saturated rings. The number of nitrogens with zero attached hydrogens (tertiary/aromatic N) is 4. The van der Waals surface area contributed by atoms with Gasteiger partial charge in [-0.15, -0.1) is 12.6 Å². The van der Waals surface area contributed by atoms with Gasteiger partial charge in [0, 0.05) is 32.5 Å². The van der Waals surface area contributed by atoms with Crippen molar-refractivity contribution in [3.63, 3.8) is 0 Å². The van der Waals surface area contributed by atoms with E-state index in [-0.39, 0.29) is 18.5 Å². The number of hydrogen-bond acceptors (Lipinski definition) is 5. The molecule has 1 saturated heterocycles. The minimum Gasteiger partial charge on any atom is -0.396 e. The molecule has 2 unspecified atom stereocenters. The first-order valence-electron chi connectivity index (χ1n) is 7.71. The van der Waals surface area contributed by atoms with E-state index in [1.54, 1.807) is 11.5 Å². The number of rotatable bonds is 6. The number of aromatic nitrogens is 2. The smallest absolute Gasteiger partial charge is 0.342 e. The topological polar surface area (TPSA) is 84.4 Å². The minimum absolute atomic E-state index is 0.0187. The highest BCUT2D eigenvalue weighted by molar-refractivity contribution is 8.10. The van der Waals surface area contributed by atoms with Crippen molar-refractivity contribution in [3.8, 4) is 0 Å². The van der Waals surface area contributed by atoms with Crippen molar-refractivity contribution in [2.24, 2.45) is 5.92 Å². The number of thiocarbonyl (C=S) groups is 1. The SMILES string of the molecule is Cc1ncc([N+](=O)[O-])n1CCC1CC(CCO)CCN1C(=S)S. The summed E-state index contributed by atoms with van der Waals surface area (Å²) in [5.74, 6) is 1.12. The highest BCUT2D eigenvalue weighted by atomic mass is 32.1. The lowest BCUT2D eigenvalue weighted by Gasteiger charge is -2.40. The van der Waals surface area contributed by atoms with Crippen LogP contribution in [0, 0.1) is 23.0 Å². The third kappa shape index (κ3) is 4.42. The number of aryl methyl sites for hydroxylation is 1. The van der Waals surface area contributed by atoms with Crippen molar-refractivity contribution >= 4 is 35.0 Å². The average molecular weight is 358 g/mol. The van der Waals surface area contributed by atoms with Gasteiger partial charge < -0.3 is 20.1 Å². The highest BCUT2D eigenvalue weighted by Gasteiger charge is 2.30. The van der Waals surface area contributed by atoms with E-state index < -0.39 is 4.92 Å². The minimum atomic E-state index is -0.406. The Morgan fingerprint density at radius 1 is 1.61 bits per heavy atom. The standard InChI is InChI=1S/C14H22N4O3S2/c1-10-15-9-13(18(20)21)16(10)6-3-12-8-11(4-7-19)2-5-17(12)14(22)23/h9,11-12,19H,2-8H2,1H3,(H,22,23). The quantitative estimate of drug-likeness (QED) is 0.351. The molecule has 9 heteroatoms. The van der Waals surface area contributed by atoms with E-state index in [1.807, 2.05) is 0 Å². The van der Waals surface area contributed by atoms with Crippen LogP contribution in [-0.4, -0.2) is 48.0 Å². The molecule has 128 valence electrons. The number of thiol groups is 1. The van der Waals surface area contributed by atoms with Gasteiger partial charge in [0.05, 0.1) is 6.54 Å². The third-order valence-corrected chi connectivity index (χ3v) is 5.01. The molecule has 23 heavy (non-hydrogen) atoms. The van der Waals surface area contributed by atoms with E-state index in [0.717, 1.165) is 32.2 Å². The first-order valence-corrected chi connectivity index (χ1v) is 8.56. The van der Waals surface area contributed by atoms with Crippen molar-refractivity contribution in [2.75, 3.05) is 13.2 Å². The Morgan fingerprint density at radius 2 is 2.35 bits per heavy atom. The van der Waals surface area contributed by atoms with E-state index in [9.17, 15) is 10.1 Å². The van der Waals surface area contributed by atoms with Gasteiger partial charge in [-0.3, -0.25) is 0 Å². The van der Waals surface area contributed by atoms with E-state index in [0.29, 0.717) is 22.6 Å². The predicted molar refractivity (Wildman–Crippen MR) is 94.7 cm³/mol. The van der Waals surface area contributed by atoms with Gasteiger partial charge in [-0.25, -0.2) is 9.55 Å². The molecule has 1 aromatic rings. The van der Waals surface area contributed by atoms with Crippen LogP contribution in [0.25, 0.3) is 0 Å². The van der Waals surface area contributed by atoms with Gasteiger partial charge in [-0.05, 0) is 30.1 Å². The van der Waals surface area contributed by atoms with E-state index >= 15 is 0 Å². The van der Waals surface area contributed by atoms with Crippen molar-refractivity contribution in [1.29, 1.82) is 0 Å². The number of nitro groups is 1. The van der Waals surface area contributed by atoms with Gasteiger partial charge in [-0.1, -0.05) is 12.2 Å². The van der Waals surface area contributed by atoms with Crippen LogP contribution in [0.15, 0.2) is 6.20 Å². The maximum atomic E-state index is 11.1. The molecule has 1 aromatic heterocycles. The van der Waals surface area contributed by atoms with Crippen LogP contribution in [0.4, 0.5) is 5.82 Å². The predicted octanol–water partition coefficient (Wildman–Crippen LogP) is 2.17. The monoisotopic (exact) mass is 358 g/mol. The summed E-state index contributed by atoms with van der Waals surface area (Å²) in [4.78, 5) is 16.8. The Hall–Kier alpha value is -1.19. The fourth-order valence-corrected chi connectivity index (χ4v) is 3.76. The van der Waals surface area contributed by atoms with Crippen LogP contribution in [0.3, 0.4) is 0 Å². The number of hydrogen-bond donors (Lipinski definition) is 2. The zero-order chi connectivity index (χ0) is 17.0. The summed E-state index contributed by atoms with van der Waals surface area (Å²) in [6, 6.07) is 0.187. The Morgan fingerprint density at radius 3 is 2.96 bits per heavy atom. The van der Waals surface area contributed by atoms with Crippen LogP contribution in [0.5, 0.6) is 0 Å². The highest BCUT2D eigenvalue weighted by Crippen LogP contribution is 2.29. The third-order valence-electron chi connectivity index (χ3n) is 4.51. The fourth-order valence-electron chi connectivity index (χ4n) is 3.26. The number of aliphatic hydroxyl groups excluding tert-OH is 1. The first kappa shape index (κ1) is 18.2. The van der Waals surface area contributed by atoms with Crippen LogP contribution in [0.1, 0.15) is 31.5 Å². The van der Waals surface area contributed by atoms with Crippen LogP contribution >= 0.6 is 24.8 Å². The second-order valence-corrected chi connectivity index (χ2v) is 7.01. The molecule has 1 aliphatic heterocycles. The molecule has 7 nitrogen and oxygen atoms in total. The molecular formula is C14H22N4O3S2. The summed E-state index contributed by atoms with van der Waals surface area (Å²) >= 11 is 9.52. The van der Waals surface area contributed by atoms with E-state index in [1.165, 1.54) is 6.20 Å². The summed E-state index contributed by atoms with van der Waals surface area (Å²) in [5.41, 5.74) is 0. The number of aliphatic hydroxyl groups is 1. The fraction of sp³-hybridized carbons (Fsp3) is 0.714. The molecule has 1 aliphatic rings. The lowest BCUT2D eigenvalue weighted by atomic mass is 9.87. The molecule has 2 rings (SSSR count). The second-order valence-electron chi connectivity index (χ2n) is 5.89. The van der Waals surface area contributed by atoms with Crippen LogP contribution in [0.2, 0.25) is 0 Å². The summed E-state index contributed by atoms with van der Waals surface area (Å²) in [5, 5.41) is 20.2. The van der Waals surface area contributed by atoms with E-state index in [2.05, 4.69) is 22.5 Å². The molecule has 0 aromatic carbocycles. The Kier molecular flexibility index (Phi) is 6.37. The van der Waals surface area contributed by atoms with Gasteiger partial charge >= 0.3 is 5.82 Å². The lowest BCUT2D eigenvalue weighted by molar-refractivity contribution is -0.392. The van der Waals surface area contributed by atoms with Gasteiger partial charge in [0.1, 0.15) is 10.5 Å². The number of imidazole rings is 1. The van der Waals surface area contributed by atoms with Crippen LogP contribution in [-0.2, 0) is 6.54 Å². The molecule has 0 aliphatic carbocycles. The summed E-state index contributed by atoms with van der Waals surface area (Å²) in [6.45, 7) is 3.30. The average Bonchev–Trinajstić information content (AvgIpc) is 2.86. The van der Waals surface area contributed by atoms with Gasteiger partial charge in [0.25, 0.3) is 0 Å². The normalized spacial score (nSPS) is 21.4.